The molecular weight excluding hydrogens is 256 g/mol. The van der Waals surface area contributed by atoms with Gasteiger partial charge in [0.05, 0.1) is 11.4 Å². The summed E-state index contributed by atoms with van der Waals surface area (Å²) in [4.78, 5) is 0. The van der Waals surface area contributed by atoms with Crippen LogP contribution in [0.1, 0.15) is 44.4 Å². The van der Waals surface area contributed by atoms with Gasteiger partial charge in [-0.1, -0.05) is 45.9 Å². The second-order valence-electron chi connectivity index (χ2n) is 6.46. The van der Waals surface area contributed by atoms with Crippen molar-refractivity contribution in [1.29, 1.82) is 0 Å². The van der Waals surface area contributed by atoms with Crippen LogP contribution >= 0.6 is 0 Å². The molecule has 110 valence electrons. The first kappa shape index (κ1) is 15.4. The second kappa shape index (κ2) is 6.21. The molecule has 0 saturated heterocycles. The van der Waals surface area contributed by atoms with Crippen molar-refractivity contribution in [1.82, 2.24) is 0 Å². The molecule has 21 heavy (non-hydrogen) atoms. The van der Waals surface area contributed by atoms with E-state index in [0.717, 1.165) is 17.8 Å². The molecule has 0 amide bonds. The molecule has 0 fully saturated rings. The fourth-order valence-corrected chi connectivity index (χ4v) is 2.24. The van der Waals surface area contributed by atoms with E-state index in [4.69, 9.17) is 0 Å². The Balaban J connectivity index is 2.18. The zero-order chi connectivity index (χ0) is 15.5. The summed E-state index contributed by atoms with van der Waals surface area (Å²) in [6, 6.07) is 14.5. The van der Waals surface area contributed by atoms with E-state index in [1.807, 2.05) is 18.2 Å². The highest BCUT2D eigenvalue weighted by atomic mass is 15.1. The average molecular weight is 280 g/mol. The van der Waals surface area contributed by atoms with Gasteiger partial charge in [-0.2, -0.15) is 10.2 Å². The first-order valence-electron chi connectivity index (χ1n) is 7.52. The summed E-state index contributed by atoms with van der Waals surface area (Å²) in [6.45, 7) is 10.9. The molecule has 0 radical (unpaired) electrons. The van der Waals surface area contributed by atoms with Gasteiger partial charge in [0.25, 0.3) is 0 Å². The quantitative estimate of drug-likeness (QED) is 0.592. The summed E-state index contributed by atoms with van der Waals surface area (Å²) in [5, 5.41) is 8.67. The van der Waals surface area contributed by atoms with Crippen LogP contribution in [0.3, 0.4) is 0 Å². The largest absolute Gasteiger partial charge is 0.151 e. The van der Waals surface area contributed by atoms with Gasteiger partial charge >= 0.3 is 0 Å². The molecule has 0 N–H and O–H groups in total. The molecule has 0 saturated carbocycles. The zero-order valence-electron chi connectivity index (χ0n) is 13.6. The summed E-state index contributed by atoms with van der Waals surface area (Å²) < 4.78 is 0. The van der Waals surface area contributed by atoms with Gasteiger partial charge in [0, 0.05) is 0 Å². The van der Waals surface area contributed by atoms with E-state index in [2.05, 4.69) is 69.1 Å². The summed E-state index contributed by atoms with van der Waals surface area (Å²) >= 11 is 0. The Kier molecular flexibility index (Phi) is 4.56. The lowest BCUT2D eigenvalue weighted by atomic mass is 9.87. The maximum absolute atomic E-state index is 4.34. The van der Waals surface area contributed by atoms with Gasteiger partial charge in [-0.05, 0) is 59.7 Å². The van der Waals surface area contributed by atoms with E-state index in [0.29, 0.717) is 0 Å². The van der Waals surface area contributed by atoms with Crippen LogP contribution in [-0.4, -0.2) is 0 Å². The molecule has 2 aromatic rings. The summed E-state index contributed by atoms with van der Waals surface area (Å²) in [5.74, 6) is 0. The fraction of sp³-hybridized carbons (Fsp3) is 0.368. The maximum atomic E-state index is 4.34. The molecule has 0 aliphatic heterocycles. The van der Waals surface area contributed by atoms with E-state index in [9.17, 15) is 0 Å². The van der Waals surface area contributed by atoms with Crippen molar-refractivity contribution < 1.29 is 0 Å². The van der Waals surface area contributed by atoms with E-state index in [1.165, 1.54) is 16.7 Å². The monoisotopic (exact) mass is 280 g/mol. The van der Waals surface area contributed by atoms with Gasteiger partial charge in [0.1, 0.15) is 0 Å². The van der Waals surface area contributed by atoms with E-state index in [-0.39, 0.29) is 5.41 Å². The van der Waals surface area contributed by atoms with E-state index in [1.54, 1.807) is 0 Å². The number of hydrogen-bond donors (Lipinski definition) is 0. The number of aryl methyl sites for hydroxylation is 2. The van der Waals surface area contributed by atoms with Gasteiger partial charge in [0.2, 0.25) is 0 Å². The first-order chi connectivity index (χ1) is 9.90. The highest BCUT2D eigenvalue weighted by Crippen LogP contribution is 2.26. The molecule has 0 aliphatic rings. The lowest BCUT2D eigenvalue weighted by Gasteiger charge is -2.18. The smallest absolute Gasteiger partial charge is 0.0860 e. The fourth-order valence-electron chi connectivity index (χ4n) is 2.24. The van der Waals surface area contributed by atoms with Crippen LogP contribution in [0.2, 0.25) is 0 Å². The van der Waals surface area contributed by atoms with Gasteiger partial charge in [0.15, 0.2) is 0 Å². The van der Waals surface area contributed by atoms with Crippen LogP contribution < -0.4 is 0 Å². The molecular formula is C19H24N2. The molecule has 0 aliphatic carbocycles. The standard InChI is InChI=1S/C19H24N2/c1-6-15-13-18(10-7-14(15)2)21-20-17-11-8-16(9-12-17)19(3,4)5/h7-13H,6H2,1-5H3. The summed E-state index contributed by atoms with van der Waals surface area (Å²) in [7, 11) is 0. The highest BCUT2D eigenvalue weighted by Gasteiger charge is 2.12. The minimum absolute atomic E-state index is 0.169. The first-order valence-corrected chi connectivity index (χ1v) is 7.52. The van der Waals surface area contributed by atoms with Gasteiger partial charge in [-0.15, -0.1) is 0 Å². The SMILES string of the molecule is CCc1cc(N=Nc2ccc(C(C)(C)C)cc2)ccc1C. The highest BCUT2D eigenvalue weighted by molar-refractivity contribution is 5.45. The third-order valence-electron chi connectivity index (χ3n) is 3.73. The summed E-state index contributed by atoms with van der Waals surface area (Å²) in [6.07, 6.45) is 1.02. The van der Waals surface area contributed by atoms with Gasteiger partial charge in [-0.25, -0.2) is 0 Å². The van der Waals surface area contributed by atoms with Crippen LogP contribution in [0.5, 0.6) is 0 Å². The predicted molar refractivity (Wildman–Crippen MR) is 89.9 cm³/mol. The Hall–Kier alpha value is -1.96. The number of benzene rings is 2. The lowest BCUT2D eigenvalue weighted by molar-refractivity contribution is 0.590. The third-order valence-corrected chi connectivity index (χ3v) is 3.73. The van der Waals surface area contributed by atoms with Crippen molar-refractivity contribution in [3.05, 3.63) is 59.2 Å². The average Bonchev–Trinajstić information content (AvgIpc) is 2.46. The van der Waals surface area contributed by atoms with E-state index >= 15 is 0 Å². The number of nitrogens with zero attached hydrogens (tertiary/aromatic N) is 2. The molecule has 0 bridgehead atoms. The van der Waals surface area contributed by atoms with Crippen molar-refractivity contribution in [3.8, 4) is 0 Å². The maximum Gasteiger partial charge on any atom is 0.0860 e. The van der Waals surface area contributed by atoms with E-state index < -0.39 is 0 Å². The van der Waals surface area contributed by atoms with Crippen molar-refractivity contribution in [2.24, 2.45) is 10.2 Å². The summed E-state index contributed by atoms with van der Waals surface area (Å²) in [5.41, 5.74) is 5.92. The van der Waals surface area contributed by atoms with Gasteiger partial charge < -0.3 is 0 Å². The normalized spacial score (nSPS) is 12.0. The van der Waals surface area contributed by atoms with Crippen LogP contribution in [-0.2, 0) is 11.8 Å². The van der Waals surface area contributed by atoms with Crippen molar-refractivity contribution >= 4 is 11.4 Å². The Morgan fingerprint density at radius 3 is 2.00 bits per heavy atom. The molecule has 0 atom stereocenters. The lowest BCUT2D eigenvalue weighted by Crippen LogP contribution is -2.10. The number of rotatable bonds is 3. The molecule has 0 heterocycles. The molecule has 2 heteroatoms. The minimum Gasteiger partial charge on any atom is -0.151 e. The molecule has 0 unspecified atom stereocenters. The topological polar surface area (TPSA) is 24.7 Å². The van der Waals surface area contributed by atoms with Crippen molar-refractivity contribution in [2.75, 3.05) is 0 Å². The van der Waals surface area contributed by atoms with Crippen molar-refractivity contribution in [2.45, 2.75) is 46.5 Å². The zero-order valence-corrected chi connectivity index (χ0v) is 13.6. The minimum atomic E-state index is 0.169. The van der Waals surface area contributed by atoms with Crippen LogP contribution in [0, 0.1) is 6.92 Å². The number of azo groups is 1. The Bertz CT molecular complexity index is 632. The van der Waals surface area contributed by atoms with Gasteiger partial charge in [-0.3, -0.25) is 0 Å². The predicted octanol–water partition coefficient (Wildman–Crippen LogP) is 6.27. The second-order valence-corrected chi connectivity index (χ2v) is 6.46. The Labute approximate surface area is 127 Å². The molecule has 0 spiro atoms. The Morgan fingerprint density at radius 2 is 1.43 bits per heavy atom. The molecule has 2 aromatic carbocycles. The van der Waals surface area contributed by atoms with Crippen LogP contribution in [0.15, 0.2) is 52.7 Å². The molecule has 2 rings (SSSR count). The third kappa shape index (κ3) is 4.01. The van der Waals surface area contributed by atoms with Crippen LogP contribution in [0.4, 0.5) is 11.4 Å². The molecule has 0 aromatic heterocycles. The van der Waals surface area contributed by atoms with Crippen molar-refractivity contribution in [3.63, 3.8) is 0 Å². The molecule has 2 nitrogen and oxygen atoms in total. The van der Waals surface area contributed by atoms with Crippen LogP contribution in [0.25, 0.3) is 0 Å². The number of hydrogen-bond acceptors (Lipinski definition) is 2. The Morgan fingerprint density at radius 1 is 0.857 bits per heavy atom.